The van der Waals surface area contributed by atoms with E-state index in [0.717, 1.165) is 22.5 Å². The van der Waals surface area contributed by atoms with E-state index in [1.54, 1.807) is 0 Å². The van der Waals surface area contributed by atoms with E-state index >= 15 is 0 Å². The molecular weight excluding hydrogens is 349 g/mol. The first-order valence-corrected chi connectivity index (χ1v) is 8.54. The summed E-state index contributed by atoms with van der Waals surface area (Å²) in [7, 11) is 0. The predicted octanol–water partition coefficient (Wildman–Crippen LogP) is 3.34. The Balaban J connectivity index is 1.92. The Labute approximate surface area is 128 Å². The van der Waals surface area contributed by atoms with Crippen LogP contribution in [0.25, 0.3) is 0 Å². The Morgan fingerprint density at radius 2 is 2.16 bits per heavy atom. The smallest absolute Gasteiger partial charge is 0.129 e. The summed E-state index contributed by atoms with van der Waals surface area (Å²) in [6.45, 7) is 1.15. The van der Waals surface area contributed by atoms with Crippen molar-refractivity contribution < 1.29 is 5.11 Å². The summed E-state index contributed by atoms with van der Waals surface area (Å²) < 4.78 is 1.00. The number of halogens is 1. The van der Waals surface area contributed by atoms with E-state index in [0.29, 0.717) is 17.2 Å². The summed E-state index contributed by atoms with van der Waals surface area (Å²) in [6, 6.07) is 4.98. The molecule has 2 N–H and O–H groups in total. The number of benzene rings is 1. The summed E-state index contributed by atoms with van der Waals surface area (Å²) in [5.74, 6) is 1.27. The Kier molecular flexibility index (Phi) is 2.85. The van der Waals surface area contributed by atoms with E-state index in [-0.39, 0.29) is 0 Å². The molecule has 4 rings (SSSR count). The molecule has 0 amide bonds. The highest BCUT2D eigenvalue weighted by Gasteiger charge is 2.51. The maximum atomic E-state index is 10.1. The van der Waals surface area contributed by atoms with Crippen LogP contribution in [-0.4, -0.2) is 17.7 Å². The van der Waals surface area contributed by atoms with Crippen molar-refractivity contribution in [3.05, 3.63) is 26.8 Å². The first-order chi connectivity index (χ1) is 9.21. The van der Waals surface area contributed by atoms with Crippen LogP contribution in [0.5, 0.6) is 5.75 Å². The highest BCUT2D eigenvalue weighted by molar-refractivity contribution is 14.1. The molecule has 1 heterocycles. The monoisotopic (exact) mass is 369 g/mol. The van der Waals surface area contributed by atoms with E-state index in [9.17, 15) is 5.11 Å². The highest BCUT2D eigenvalue weighted by Crippen LogP contribution is 2.54. The summed E-state index contributed by atoms with van der Waals surface area (Å²) in [5.41, 5.74) is 3.33. The minimum atomic E-state index is 0.365. The van der Waals surface area contributed by atoms with Crippen molar-refractivity contribution in [3.8, 4) is 5.75 Å². The second-order valence-electron chi connectivity index (χ2n) is 6.48. The molecule has 2 nitrogen and oxygen atoms in total. The fraction of sp³-hybridized carbons (Fsp3) is 0.625. The highest BCUT2D eigenvalue weighted by atomic mass is 127. The van der Waals surface area contributed by atoms with Crippen LogP contribution in [0, 0.1) is 9.49 Å². The van der Waals surface area contributed by atoms with Gasteiger partial charge in [-0.25, -0.2) is 0 Å². The lowest BCUT2D eigenvalue weighted by atomic mass is 9.53. The summed E-state index contributed by atoms with van der Waals surface area (Å²) in [5, 5.41) is 13.9. The van der Waals surface area contributed by atoms with Crippen LogP contribution in [0.3, 0.4) is 0 Å². The molecule has 1 unspecified atom stereocenters. The van der Waals surface area contributed by atoms with Crippen molar-refractivity contribution in [2.75, 3.05) is 6.54 Å². The van der Waals surface area contributed by atoms with Crippen LogP contribution >= 0.6 is 22.6 Å². The van der Waals surface area contributed by atoms with Gasteiger partial charge in [-0.15, -0.1) is 0 Å². The molecule has 3 aliphatic rings. The Hall–Kier alpha value is -0.290. The number of phenolic OH excluding ortho intramolecular Hbond substituents is 1. The lowest BCUT2D eigenvalue weighted by Gasteiger charge is -2.56. The molecule has 2 fully saturated rings. The summed E-state index contributed by atoms with van der Waals surface area (Å²) >= 11 is 2.25. The van der Waals surface area contributed by atoms with E-state index < -0.39 is 0 Å². The summed E-state index contributed by atoms with van der Waals surface area (Å²) in [6.07, 6.45) is 7.83. The van der Waals surface area contributed by atoms with Gasteiger partial charge < -0.3 is 10.4 Å². The van der Waals surface area contributed by atoms with Gasteiger partial charge in [-0.1, -0.05) is 12.8 Å². The zero-order chi connectivity index (χ0) is 13.0. The molecule has 1 saturated carbocycles. The maximum Gasteiger partial charge on any atom is 0.129 e. The fourth-order valence-electron chi connectivity index (χ4n) is 4.94. The second-order valence-corrected chi connectivity index (χ2v) is 7.65. The van der Waals surface area contributed by atoms with E-state index in [1.807, 2.05) is 0 Å². The third-order valence-corrected chi connectivity index (χ3v) is 6.57. The van der Waals surface area contributed by atoms with Crippen LogP contribution < -0.4 is 5.32 Å². The number of hydrogen-bond donors (Lipinski definition) is 2. The molecule has 0 radical (unpaired) electrons. The first kappa shape index (κ1) is 12.5. The number of fused-ring (bicyclic) bond motifs is 1. The van der Waals surface area contributed by atoms with Crippen LogP contribution in [0.1, 0.15) is 43.2 Å². The average Bonchev–Trinajstić information content (AvgIpc) is 2.41. The quantitative estimate of drug-likeness (QED) is 0.688. The Bertz CT molecular complexity index is 526. The number of nitrogens with one attached hydrogen (secondary N) is 1. The van der Waals surface area contributed by atoms with Gasteiger partial charge in [0.1, 0.15) is 5.75 Å². The van der Waals surface area contributed by atoms with Gasteiger partial charge in [-0.05, 0) is 84.0 Å². The third kappa shape index (κ3) is 1.70. The maximum absolute atomic E-state index is 10.1. The van der Waals surface area contributed by atoms with Crippen molar-refractivity contribution in [1.29, 1.82) is 0 Å². The molecule has 2 bridgehead atoms. The van der Waals surface area contributed by atoms with Crippen molar-refractivity contribution in [2.24, 2.45) is 5.92 Å². The zero-order valence-electron chi connectivity index (χ0n) is 11.1. The number of rotatable bonds is 0. The average molecular weight is 369 g/mol. The van der Waals surface area contributed by atoms with Crippen molar-refractivity contribution in [3.63, 3.8) is 0 Å². The molecule has 1 saturated heterocycles. The molecule has 2 aliphatic carbocycles. The number of piperidine rings is 1. The van der Waals surface area contributed by atoms with E-state index in [2.05, 4.69) is 40.0 Å². The number of hydrogen-bond acceptors (Lipinski definition) is 2. The van der Waals surface area contributed by atoms with Crippen molar-refractivity contribution in [1.82, 2.24) is 5.32 Å². The molecule has 1 aromatic rings. The van der Waals surface area contributed by atoms with Crippen molar-refractivity contribution in [2.45, 2.75) is 50.0 Å². The number of aromatic hydroxyl groups is 1. The minimum Gasteiger partial charge on any atom is -0.507 e. The van der Waals surface area contributed by atoms with Gasteiger partial charge in [0.2, 0.25) is 0 Å². The molecule has 3 atom stereocenters. The van der Waals surface area contributed by atoms with Crippen LogP contribution in [-0.2, 0) is 11.8 Å². The van der Waals surface area contributed by atoms with Gasteiger partial charge in [0.15, 0.2) is 0 Å². The Morgan fingerprint density at radius 1 is 1.26 bits per heavy atom. The molecular formula is C16H20INO. The first-order valence-electron chi connectivity index (χ1n) is 7.46. The molecule has 0 aromatic heterocycles. The zero-order valence-corrected chi connectivity index (χ0v) is 13.2. The minimum absolute atomic E-state index is 0.365. The standard InChI is InChI=1S/C16H20INO/c17-13-7-10-8-14-11-3-1-2-4-16(11,5-6-18-14)12(10)9-15(13)19/h7,9,11,14,18-19H,1-6,8H2/t11?,14-,16-/m0/s1. The fourth-order valence-corrected chi connectivity index (χ4v) is 5.47. The van der Waals surface area contributed by atoms with Gasteiger partial charge in [0, 0.05) is 11.5 Å². The Morgan fingerprint density at radius 3 is 3.05 bits per heavy atom. The molecule has 1 aromatic carbocycles. The molecule has 3 heteroatoms. The summed E-state index contributed by atoms with van der Waals surface area (Å²) in [4.78, 5) is 0. The molecule has 0 spiro atoms. The number of phenols is 1. The van der Waals surface area contributed by atoms with Gasteiger partial charge in [-0.3, -0.25) is 0 Å². The van der Waals surface area contributed by atoms with Crippen LogP contribution in [0.15, 0.2) is 12.1 Å². The van der Waals surface area contributed by atoms with Crippen LogP contribution in [0.4, 0.5) is 0 Å². The SMILES string of the molecule is Oc1cc2c(cc1I)C[C@@H]1NCC[C@]23CCCCC13. The molecule has 19 heavy (non-hydrogen) atoms. The molecule has 1 aliphatic heterocycles. The largest absolute Gasteiger partial charge is 0.507 e. The van der Waals surface area contributed by atoms with Gasteiger partial charge in [0.25, 0.3) is 0 Å². The van der Waals surface area contributed by atoms with E-state index in [4.69, 9.17) is 0 Å². The van der Waals surface area contributed by atoms with Gasteiger partial charge in [0.05, 0.1) is 3.57 Å². The molecule has 102 valence electrons. The van der Waals surface area contributed by atoms with Crippen LogP contribution in [0.2, 0.25) is 0 Å². The topological polar surface area (TPSA) is 32.3 Å². The lowest BCUT2D eigenvalue weighted by molar-refractivity contribution is 0.0795. The lowest BCUT2D eigenvalue weighted by Crippen LogP contribution is -2.59. The van der Waals surface area contributed by atoms with E-state index in [1.165, 1.54) is 43.2 Å². The predicted molar refractivity (Wildman–Crippen MR) is 84.6 cm³/mol. The van der Waals surface area contributed by atoms with Crippen molar-refractivity contribution >= 4 is 22.6 Å². The third-order valence-electron chi connectivity index (χ3n) is 5.71. The second kappa shape index (κ2) is 4.35. The normalized spacial score (nSPS) is 36.5. The van der Waals surface area contributed by atoms with Gasteiger partial charge in [-0.2, -0.15) is 0 Å². The van der Waals surface area contributed by atoms with Gasteiger partial charge >= 0.3 is 0 Å².